The highest BCUT2D eigenvalue weighted by atomic mass is 35.5. The standard InChI is InChI=1S/C13H16ClNO5S/c1-10(13(16)17)15(9-3-8-14)21(18,19)12-6-4-11(20-2)5-7-12/h4-7H,1,3,8-9H2,2H3,(H,16,17). The number of carbonyl (C=O) groups is 1. The van der Waals surface area contributed by atoms with Crippen LogP contribution in [0.2, 0.25) is 0 Å². The number of ether oxygens (including phenoxy) is 1. The summed E-state index contributed by atoms with van der Waals surface area (Å²) in [5.74, 6) is -0.693. The molecule has 1 rings (SSSR count). The van der Waals surface area contributed by atoms with Gasteiger partial charge >= 0.3 is 5.97 Å². The number of sulfonamides is 1. The first-order valence-electron chi connectivity index (χ1n) is 5.99. The number of halogens is 1. The van der Waals surface area contributed by atoms with Crippen LogP contribution in [0.5, 0.6) is 5.75 Å². The molecule has 0 aliphatic rings. The van der Waals surface area contributed by atoms with Crippen LogP contribution in [0.4, 0.5) is 0 Å². The molecule has 21 heavy (non-hydrogen) atoms. The quantitative estimate of drug-likeness (QED) is 0.580. The van der Waals surface area contributed by atoms with Crippen LogP contribution in [-0.4, -0.2) is 43.3 Å². The van der Waals surface area contributed by atoms with E-state index in [9.17, 15) is 13.2 Å². The fraction of sp³-hybridized carbons (Fsp3) is 0.308. The van der Waals surface area contributed by atoms with Gasteiger partial charge in [0.15, 0.2) is 0 Å². The summed E-state index contributed by atoms with van der Waals surface area (Å²) in [4.78, 5) is 11.0. The molecule has 0 radical (unpaired) electrons. The molecule has 0 saturated heterocycles. The van der Waals surface area contributed by atoms with Crippen molar-refractivity contribution in [3.8, 4) is 5.75 Å². The van der Waals surface area contributed by atoms with Gasteiger partial charge in [0.25, 0.3) is 10.0 Å². The second kappa shape index (κ2) is 7.33. The van der Waals surface area contributed by atoms with Crippen molar-refractivity contribution < 1.29 is 23.1 Å². The third kappa shape index (κ3) is 4.12. The summed E-state index contributed by atoms with van der Waals surface area (Å²) in [5, 5.41) is 8.99. The number of carboxylic acids is 1. The largest absolute Gasteiger partial charge is 0.497 e. The van der Waals surface area contributed by atoms with Crippen molar-refractivity contribution in [1.29, 1.82) is 0 Å². The van der Waals surface area contributed by atoms with Gasteiger partial charge in [0, 0.05) is 12.4 Å². The van der Waals surface area contributed by atoms with E-state index in [0.29, 0.717) is 12.2 Å². The predicted molar refractivity (Wildman–Crippen MR) is 79.0 cm³/mol. The molecule has 0 amide bonds. The molecule has 6 nitrogen and oxygen atoms in total. The Kier molecular flexibility index (Phi) is 6.04. The minimum Gasteiger partial charge on any atom is -0.497 e. The van der Waals surface area contributed by atoms with Gasteiger partial charge in [0.05, 0.1) is 12.0 Å². The minimum atomic E-state index is -4.00. The van der Waals surface area contributed by atoms with Gasteiger partial charge in [-0.3, -0.25) is 4.31 Å². The average molecular weight is 334 g/mol. The number of benzene rings is 1. The number of rotatable bonds is 8. The van der Waals surface area contributed by atoms with Crippen LogP contribution >= 0.6 is 11.6 Å². The number of alkyl halides is 1. The van der Waals surface area contributed by atoms with E-state index < -0.39 is 21.7 Å². The molecule has 0 spiro atoms. The summed E-state index contributed by atoms with van der Waals surface area (Å²) in [6.07, 6.45) is 0.309. The Morgan fingerprint density at radius 2 is 1.95 bits per heavy atom. The van der Waals surface area contributed by atoms with Gasteiger partial charge in [-0.1, -0.05) is 6.58 Å². The number of aliphatic carboxylic acids is 1. The van der Waals surface area contributed by atoms with Crippen LogP contribution in [0.25, 0.3) is 0 Å². The van der Waals surface area contributed by atoms with Crippen LogP contribution < -0.4 is 4.74 Å². The molecule has 0 saturated carbocycles. The SMILES string of the molecule is C=C(C(=O)O)N(CCCCl)S(=O)(=O)c1ccc(OC)cc1. The fourth-order valence-corrected chi connectivity index (χ4v) is 3.18. The maximum absolute atomic E-state index is 12.5. The molecular formula is C13H16ClNO5S. The normalized spacial score (nSPS) is 11.0. The van der Waals surface area contributed by atoms with Gasteiger partial charge < -0.3 is 9.84 Å². The Hall–Kier alpha value is -1.73. The highest BCUT2D eigenvalue weighted by Crippen LogP contribution is 2.22. The molecule has 0 heterocycles. The molecule has 0 atom stereocenters. The van der Waals surface area contributed by atoms with Crippen LogP contribution in [0.3, 0.4) is 0 Å². The summed E-state index contributed by atoms with van der Waals surface area (Å²) >= 11 is 5.55. The van der Waals surface area contributed by atoms with Crippen molar-refractivity contribution >= 4 is 27.6 Å². The predicted octanol–water partition coefficient (Wildman–Crippen LogP) is 1.91. The highest BCUT2D eigenvalue weighted by molar-refractivity contribution is 7.89. The van der Waals surface area contributed by atoms with Crippen molar-refractivity contribution in [3.63, 3.8) is 0 Å². The van der Waals surface area contributed by atoms with E-state index in [1.54, 1.807) is 0 Å². The van der Waals surface area contributed by atoms with E-state index >= 15 is 0 Å². The highest BCUT2D eigenvalue weighted by Gasteiger charge is 2.28. The Bertz CT molecular complexity index is 612. The van der Waals surface area contributed by atoms with Crippen molar-refractivity contribution in [2.45, 2.75) is 11.3 Å². The average Bonchev–Trinajstić information content (AvgIpc) is 2.47. The lowest BCUT2D eigenvalue weighted by atomic mass is 10.3. The summed E-state index contributed by atoms with van der Waals surface area (Å²) in [6, 6.07) is 5.65. The fourth-order valence-electron chi connectivity index (χ4n) is 1.59. The summed E-state index contributed by atoms with van der Waals surface area (Å²) in [6.45, 7) is 3.26. The lowest BCUT2D eigenvalue weighted by Crippen LogP contribution is -2.34. The molecule has 0 bridgehead atoms. The van der Waals surface area contributed by atoms with Gasteiger partial charge in [0.1, 0.15) is 11.4 Å². The van der Waals surface area contributed by atoms with Crippen molar-refractivity contribution in [2.24, 2.45) is 0 Å². The molecule has 0 unspecified atom stereocenters. The molecule has 116 valence electrons. The molecule has 1 N–H and O–H groups in total. The van der Waals surface area contributed by atoms with Crippen LogP contribution in [0.1, 0.15) is 6.42 Å². The number of hydrogen-bond donors (Lipinski definition) is 1. The molecule has 0 fully saturated rings. The van der Waals surface area contributed by atoms with E-state index in [4.69, 9.17) is 21.4 Å². The van der Waals surface area contributed by atoms with E-state index in [-0.39, 0.29) is 17.3 Å². The summed E-state index contributed by atoms with van der Waals surface area (Å²) in [5.41, 5.74) is -0.518. The first-order chi connectivity index (χ1) is 9.84. The second-order valence-electron chi connectivity index (χ2n) is 4.05. The lowest BCUT2D eigenvalue weighted by molar-refractivity contribution is -0.133. The Morgan fingerprint density at radius 3 is 2.38 bits per heavy atom. The zero-order valence-electron chi connectivity index (χ0n) is 11.5. The topological polar surface area (TPSA) is 83.9 Å². The van der Waals surface area contributed by atoms with E-state index in [1.807, 2.05) is 0 Å². The third-order valence-electron chi connectivity index (χ3n) is 2.69. The van der Waals surface area contributed by atoms with E-state index in [1.165, 1.54) is 31.4 Å². The van der Waals surface area contributed by atoms with Crippen molar-refractivity contribution in [2.75, 3.05) is 19.5 Å². The summed E-state index contributed by atoms with van der Waals surface area (Å²) < 4.78 is 30.7. The molecular weight excluding hydrogens is 318 g/mol. The van der Waals surface area contributed by atoms with Gasteiger partial charge in [-0.15, -0.1) is 11.6 Å². The van der Waals surface area contributed by atoms with Crippen molar-refractivity contribution in [3.05, 3.63) is 36.5 Å². The van der Waals surface area contributed by atoms with Crippen LogP contribution in [0, 0.1) is 0 Å². The van der Waals surface area contributed by atoms with E-state index in [2.05, 4.69) is 6.58 Å². The Morgan fingerprint density at radius 1 is 1.38 bits per heavy atom. The monoisotopic (exact) mass is 333 g/mol. The smallest absolute Gasteiger partial charge is 0.352 e. The number of hydrogen-bond acceptors (Lipinski definition) is 4. The molecule has 0 aliphatic heterocycles. The lowest BCUT2D eigenvalue weighted by Gasteiger charge is -2.23. The second-order valence-corrected chi connectivity index (χ2v) is 6.29. The zero-order valence-corrected chi connectivity index (χ0v) is 13.0. The van der Waals surface area contributed by atoms with Crippen molar-refractivity contribution in [1.82, 2.24) is 4.31 Å². The number of nitrogens with zero attached hydrogens (tertiary/aromatic N) is 1. The minimum absolute atomic E-state index is 0.0414. The maximum atomic E-state index is 12.5. The summed E-state index contributed by atoms with van der Waals surface area (Å²) in [7, 11) is -2.54. The Balaban J connectivity index is 3.18. The van der Waals surface area contributed by atoms with E-state index in [0.717, 1.165) is 4.31 Å². The molecule has 0 aliphatic carbocycles. The zero-order chi connectivity index (χ0) is 16.0. The molecule has 8 heteroatoms. The number of methoxy groups -OCH3 is 1. The van der Waals surface area contributed by atoms with Crippen LogP contribution in [-0.2, 0) is 14.8 Å². The number of carboxylic acid groups (broad SMARTS) is 1. The Labute approximate surface area is 128 Å². The van der Waals surface area contributed by atoms with Gasteiger partial charge in [-0.05, 0) is 30.7 Å². The molecule has 1 aromatic carbocycles. The van der Waals surface area contributed by atoms with Gasteiger partial charge in [-0.25, -0.2) is 13.2 Å². The first kappa shape index (κ1) is 17.3. The van der Waals surface area contributed by atoms with Gasteiger partial charge in [-0.2, -0.15) is 0 Å². The third-order valence-corrected chi connectivity index (χ3v) is 4.81. The molecule has 0 aromatic heterocycles. The molecule has 1 aromatic rings. The van der Waals surface area contributed by atoms with Gasteiger partial charge in [0.2, 0.25) is 0 Å². The van der Waals surface area contributed by atoms with Crippen LogP contribution in [0.15, 0.2) is 41.4 Å². The first-order valence-corrected chi connectivity index (χ1v) is 7.97. The maximum Gasteiger partial charge on any atom is 0.352 e.